The molecule has 2 rings (SSSR count). The molecule has 1 aromatic heterocycles. The van der Waals surface area contributed by atoms with Crippen LogP contribution in [0.1, 0.15) is 5.56 Å². The van der Waals surface area contributed by atoms with Gasteiger partial charge in [-0.15, -0.1) is 0 Å². The Morgan fingerprint density at radius 1 is 1.18 bits per heavy atom. The van der Waals surface area contributed by atoms with E-state index in [0.717, 1.165) is 5.56 Å². The molecular weight excluding hydrogens is 304 g/mol. The lowest BCUT2D eigenvalue weighted by Crippen LogP contribution is -2.08. The number of halogens is 1. The number of aromatic nitrogens is 1. The summed E-state index contributed by atoms with van der Waals surface area (Å²) < 4.78 is 10.4. The van der Waals surface area contributed by atoms with Crippen LogP contribution in [-0.4, -0.2) is 25.1 Å². The number of carbonyl (C=O) groups is 1. The van der Waals surface area contributed by atoms with Crippen molar-refractivity contribution in [1.82, 2.24) is 4.98 Å². The zero-order valence-electron chi connectivity index (χ0n) is 12.2. The van der Waals surface area contributed by atoms with Crippen LogP contribution in [0, 0.1) is 0 Å². The second-order valence-electron chi connectivity index (χ2n) is 4.30. The molecule has 1 heterocycles. The summed E-state index contributed by atoms with van der Waals surface area (Å²) >= 11 is 5.73. The number of amides is 1. The summed E-state index contributed by atoms with van der Waals surface area (Å²) in [5.41, 5.74) is 0.817. The molecule has 22 heavy (non-hydrogen) atoms. The molecule has 1 aromatic carbocycles. The zero-order chi connectivity index (χ0) is 15.9. The lowest BCUT2D eigenvalue weighted by molar-refractivity contribution is -0.111. The summed E-state index contributed by atoms with van der Waals surface area (Å²) in [6.45, 7) is 0. The van der Waals surface area contributed by atoms with E-state index in [2.05, 4.69) is 10.3 Å². The van der Waals surface area contributed by atoms with Crippen LogP contribution in [-0.2, 0) is 4.79 Å². The van der Waals surface area contributed by atoms with Crippen molar-refractivity contribution in [2.75, 3.05) is 19.5 Å². The highest BCUT2D eigenvalue weighted by atomic mass is 35.5. The third-order valence-electron chi connectivity index (χ3n) is 2.81. The van der Waals surface area contributed by atoms with Gasteiger partial charge in [-0.05, 0) is 35.9 Å². The molecule has 2 aromatic rings. The van der Waals surface area contributed by atoms with E-state index in [4.69, 9.17) is 21.1 Å². The van der Waals surface area contributed by atoms with Gasteiger partial charge in [-0.2, -0.15) is 0 Å². The number of hydrogen-bond donors (Lipinski definition) is 1. The van der Waals surface area contributed by atoms with E-state index in [1.165, 1.54) is 12.3 Å². The molecule has 0 spiro atoms. The second-order valence-corrected chi connectivity index (χ2v) is 4.74. The predicted octanol–water partition coefficient (Wildman–Crippen LogP) is 3.40. The molecule has 1 amide bonds. The van der Waals surface area contributed by atoms with Crippen molar-refractivity contribution in [3.63, 3.8) is 0 Å². The van der Waals surface area contributed by atoms with Crippen LogP contribution < -0.4 is 14.8 Å². The Kier molecular flexibility index (Phi) is 5.38. The molecule has 0 aliphatic rings. The monoisotopic (exact) mass is 318 g/mol. The van der Waals surface area contributed by atoms with Gasteiger partial charge in [0.2, 0.25) is 5.91 Å². The van der Waals surface area contributed by atoms with E-state index < -0.39 is 0 Å². The van der Waals surface area contributed by atoms with Gasteiger partial charge in [0.05, 0.1) is 19.2 Å². The van der Waals surface area contributed by atoms with E-state index in [1.54, 1.807) is 44.6 Å². The average molecular weight is 319 g/mol. The molecule has 0 bridgehead atoms. The first-order chi connectivity index (χ1) is 10.6. The molecule has 1 N–H and O–H groups in total. The number of anilines is 1. The number of methoxy groups -OCH3 is 2. The molecular formula is C16H15ClN2O3. The first-order valence-electron chi connectivity index (χ1n) is 6.45. The molecule has 0 saturated heterocycles. The van der Waals surface area contributed by atoms with Crippen molar-refractivity contribution >= 4 is 29.4 Å². The molecule has 0 unspecified atom stereocenters. The molecule has 0 radical (unpaired) electrons. The second kappa shape index (κ2) is 7.47. The highest BCUT2D eigenvalue weighted by Crippen LogP contribution is 2.27. The van der Waals surface area contributed by atoms with Gasteiger partial charge in [0, 0.05) is 12.3 Å². The highest BCUT2D eigenvalue weighted by molar-refractivity contribution is 6.30. The van der Waals surface area contributed by atoms with Crippen molar-refractivity contribution in [3.05, 3.63) is 53.2 Å². The topological polar surface area (TPSA) is 60.5 Å². The Hall–Kier alpha value is -2.53. The van der Waals surface area contributed by atoms with E-state index in [0.29, 0.717) is 22.3 Å². The number of nitrogens with zero attached hydrogens (tertiary/aromatic N) is 1. The Morgan fingerprint density at radius 3 is 2.59 bits per heavy atom. The maximum absolute atomic E-state index is 11.8. The number of benzene rings is 1. The lowest BCUT2D eigenvalue weighted by atomic mass is 10.2. The minimum Gasteiger partial charge on any atom is -0.493 e. The zero-order valence-corrected chi connectivity index (χ0v) is 12.9. The summed E-state index contributed by atoms with van der Waals surface area (Å²) in [5, 5.41) is 3.15. The summed E-state index contributed by atoms with van der Waals surface area (Å²) in [6.07, 6.45) is 4.56. The number of hydrogen-bond acceptors (Lipinski definition) is 4. The molecule has 0 aliphatic carbocycles. The van der Waals surface area contributed by atoms with Crippen molar-refractivity contribution < 1.29 is 14.3 Å². The third kappa shape index (κ3) is 4.23. The van der Waals surface area contributed by atoms with E-state index in [-0.39, 0.29) is 5.91 Å². The fraction of sp³-hybridized carbons (Fsp3) is 0.125. The summed E-state index contributed by atoms with van der Waals surface area (Å²) in [5.74, 6) is 1.38. The fourth-order valence-corrected chi connectivity index (χ4v) is 1.86. The van der Waals surface area contributed by atoms with E-state index in [1.807, 2.05) is 6.07 Å². The Balaban J connectivity index is 2.04. The minimum absolute atomic E-state index is 0.287. The standard InChI is InChI=1S/C16H15ClN2O3/c1-21-13-6-3-11(9-14(13)22-2)4-8-16(20)19-15-7-5-12(17)10-18-15/h3-10H,1-2H3,(H,18,19,20). The predicted molar refractivity (Wildman–Crippen MR) is 86.5 cm³/mol. The van der Waals surface area contributed by atoms with Crippen molar-refractivity contribution in [2.24, 2.45) is 0 Å². The van der Waals surface area contributed by atoms with E-state index in [9.17, 15) is 4.79 Å². The van der Waals surface area contributed by atoms with Gasteiger partial charge in [-0.1, -0.05) is 17.7 Å². The van der Waals surface area contributed by atoms with Crippen molar-refractivity contribution in [3.8, 4) is 11.5 Å². The number of rotatable bonds is 5. The Morgan fingerprint density at radius 2 is 1.95 bits per heavy atom. The third-order valence-corrected chi connectivity index (χ3v) is 3.04. The Labute approximate surface area is 133 Å². The highest BCUT2D eigenvalue weighted by Gasteiger charge is 2.03. The van der Waals surface area contributed by atoms with Gasteiger partial charge in [-0.25, -0.2) is 4.98 Å². The largest absolute Gasteiger partial charge is 0.493 e. The van der Waals surface area contributed by atoms with Gasteiger partial charge < -0.3 is 14.8 Å². The van der Waals surface area contributed by atoms with Gasteiger partial charge in [-0.3, -0.25) is 4.79 Å². The van der Waals surface area contributed by atoms with Crippen molar-refractivity contribution in [1.29, 1.82) is 0 Å². The SMILES string of the molecule is COc1ccc(C=CC(=O)Nc2ccc(Cl)cn2)cc1OC. The van der Waals surface area contributed by atoms with Crippen LogP contribution in [0.5, 0.6) is 11.5 Å². The van der Waals surface area contributed by atoms with Crippen molar-refractivity contribution in [2.45, 2.75) is 0 Å². The quantitative estimate of drug-likeness (QED) is 0.858. The molecule has 0 fully saturated rings. The number of ether oxygens (including phenoxy) is 2. The number of nitrogens with one attached hydrogen (secondary N) is 1. The molecule has 0 atom stereocenters. The summed E-state index contributed by atoms with van der Waals surface area (Å²) in [7, 11) is 3.13. The number of carbonyl (C=O) groups excluding carboxylic acids is 1. The first kappa shape index (κ1) is 15.9. The van der Waals surface area contributed by atoms with Crippen LogP contribution in [0.25, 0.3) is 6.08 Å². The van der Waals surface area contributed by atoms with Gasteiger partial charge in [0.1, 0.15) is 5.82 Å². The molecule has 0 saturated carbocycles. The van der Waals surface area contributed by atoms with Crippen LogP contribution in [0.4, 0.5) is 5.82 Å². The van der Waals surface area contributed by atoms with Gasteiger partial charge >= 0.3 is 0 Å². The van der Waals surface area contributed by atoms with Gasteiger partial charge in [0.25, 0.3) is 0 Å². The van der Waals surface area contributed by atoms with Crippen LogP contribution >= 0.6 is 11.6 Å². The fourth-order valence-electron chi connectivity index (χ4n) is 1.75. The number of pyridine rings is 1. The minimum atomic E-state index is -0.287. The van der Waals surface area contributed by atoms with E-state index >= 15 is 0 Å². The average Bonchev–Trinajstić information content (AvgIpc) is 2.54. The van der Waals surface area contributed by atoms with Crippen LogP contribution in [0.3, 0.4) is 0 Å². The smallest absolute Gasteiger partial charge is 0.249 e. The van der Waals surface area contributed by atoms with Crippen LogP contribution in [0.2, 0.25) is 5.02 Å². The summed E-state index contributed by atoms with van der Waals surface area (Å²) in [4.78, 5) is 15.8. The molecule has 0 aliphatic heterocycles. The van der Waals surface area contributed by atoms with Gasteiger partial charge in [0.15, 0.2) is 11.5 Å². The van der Waals surface area contributed by atoms with Crippen LogP contribution in [0.15, 0.2) is 42.6 Å². The Bertz CT molecular complexity index is 684. The molecule has 114 valence electrons. The molecule has 6 heteroatoms. The maximum Gasteiger partial charge on any atom is 0.249 e. The normalized spacial score (nSPS) is 10.5. The summed E-state index contributed by atoms with van der Waals surface area (Å²) in [6, 6.07) is 8.67. The molecule has 5 nitrogen and oxygen atoms in total. The first-order valence-corrected chi connectivity index (χ1v) is 6.83. The lowest BCUT2D eigenvalue weighted by Gasteiger charge is -2.07. The maximum atomic E-state index is 11.8.